The van der Waals surface area contributed by atoms with Gasteiger partial charge in [0.05, 0.1) is 13.7 Å². The largest absolute Gasteiger partial charge is 0.453 e. The molecule has 0 radical (unpaired) electrons. The number of halogens is 1. The van der Waals surface area contributed by atoms with Crippen LogP contribution in [0.25, 0.3) is 0 Å². The van der Waals surface area contributed by atoms with Crippen molar-refractivity contribution in [2.45, 2.75) is 6.54 Å². The molecule has 100 valence electrons. The van der Waals surface area contributed by atoms with Crippen molar-refractivity contribution in [3.63, 3.8) is 0 Å². The number of amides is 1. The maximum absolute atomic E-state index is 11.3. The number of methoxy groups -OCH3 is 1. The first-order valence-corrected chi connectivity index (χ1v) is 6.50. The molecular formula is C10H16BrN5O2. The first-order valence-electron chi connectivity index (χ1n) is 5.71. The van der Waals surface area contributed by atoms with Crippen LogP contribution in [-0.4, -0.2) is 63.9 Å². The van der Waals surface area contributed by atoms with Gasteiger partial charge in [0.1, 0.15) is 5.82 Å². The lowest BCUT2D eigenvalue weighted by Crippen LogP contribution is -2.48. The van der Waals surface area contributed by atoms with Crippen LogP contribution in [0, 0.1) is 0 Å². The molecule has 0 spiro atoms. The minimum Gasteiger partial charge on any atom is -0.453 e. The number of aromatic nitrogens is 3. The van der Waals surface area contributed by atoms with Gasteiger partial charge in [0.15, 0.2) is 0 Å². The number of hydrogen-bond acceptors (Lipinski definition) is 5. The number of ether oxygens (including phenoxy) is 1. The molecule has 1 amide bonds. The fraction of sp³-hybridized carbons (Fsp3) is 0.700. The van der Waals surface area contributed by atoms with Gasteiger partial charge in [0.25, 0.3) is 0 Å². The first-order chi connectivity index (χ1) is 8.60. The third kappa shape index (κ3) is 2.99. The SMILES string of the molecule is COC(=O)N1CCN(Cc2nc(Br)nn2C)CC1. The predicted octanol–water partition coefficient (Wildman–Crippen LogP) is 0.462. The van der Waals surface area contributed by atoms with E-state index in [1.54, 1.807) is 9.58 Å². The number of hydrogen-bond donors (Lipinski definition) is 0. The molecule has 7 nitrogen and oxygen atoms in total. The van der Waals surface area contributed by atoms with E-state index < -0.39 is 0 Å². The molecular weight excluding hydrogens is 302 g/mol. The van der Waals surface area contributed by atoms with Crippen LogP contribution in [0.15, 0.2) is 4.73 Å². The third-order valence-corrected chi connectivity index (χ3v) is 3.33. The van der Waals surface area contributed by atoms with Crippen LogP contribution < -0.4 is 0 Å². The molecule has 0 atom stereocenters. The quantitative estimate of drug-likeness (QED) is 0.793. The van der Waals surface area contributed by atoms with Gasteiger partial charge in [-0.05, 0) is 15.9 Å². The summed E-state index contributed by atoms with van der Waals surface area (Å²) in [7, 11) is 3.28. The van der Waals surface area contributed by atoms with Crippen LogP contribution in [0.4, 0.5) is 4.79 Å². The van der Waals surface area contributed by atoms with Crippen LogP contribution in [-0.2, 0) is 18.3 Å². The number of carbonyl (C=O) groups excluding carboxylic acids is 1. The molecule has 0 bridgehead atoms. The summed E-state index contributed by atoms with van der Waals surface area (Å²) in [5.41, 5.74) is 0. The minimum atomic E-state index is -0.254. The lowest BCUT2D eigenvalue weighted by molar-refractivity contribution is 0.0877. The van der Waals surface area contributed by atoms with E-state index in [1.807, 2.05) is 7.05 Å². The second-order valence-corrected chi connectivity index (χ2v) is 4.86. The molecule has 1 aromatic heterocycles. The standard InChI is InChI=1S/C10H16BrN5O2/c1-14-8(12-9(11)13-14)7-15-3-5-16(6-4-15)10(17)18-2/h3-7H2,1-2H3. The summed E-state index contributed by atoms with van der Waals surface area (Å²) < 4.78 is 7.07. The van der Waals surface area contributed by atoms with E-state index in [0.29, 0.717) is 17.8 Å². The summed E-state index contributed by atoms with van der Waals surface area (Å²) in [6, 6.07) is 0. The van der Waals surface area contributed by atoms with Gasteiger partial charge >= 0.3 is 6.09 Å². The Labute approximate surface area is 114 Å². The van der Waals surface area contributed by atoms with Gasteiger partial charge in [-0.1, -0.05) is 0 Å². The van der Waals surface area contributed by atoms with E-state index in [2.05, 4.69) is 30.9 Å². The second kappa shape index (κ2) is 5.66. The van der Waals surface area contributed by atoms with Gasteiger partial charge in [0.2, 0.25) is 4.73 Å². The Morgan fingerprint density at radius 3 is 2.56 bits per heavy atom. The first kappa shape index (κ1) is 13.3. The van der Waals surface area contributed by atoms with Crippen molar-refractivity contribution < 1.29 is 9.53 Å². The van der Waals surface area contributed by atoms with Gasteiger partial charge in [-0.25, -0.2) is 9.78 Å². The van der Waals surface area contributed by atoms with Crippen LogP contribution >= 0.6 is 15.9 Å². The number of nitrogens with zero attached hydrogens (tertiary/aromatic N) is 5. The normalized spacial score (nSPS) is 16.9. The number of carbonyl (C=O) groups is 1. The minimum absolute atomic E-state index is 0.254. The van der Waals surface area contributed by atoms with Gasteiger partial charge in [-0.15, -0.1) is 5.10 Å². The molecule has 8 heteroatoms. The number of rotatable bonds is 2. The second-order valence-electron chi connectivity index (χ2n) is 4.15. The van der Waals surface area contributed by atoms with Gasteiger partial charge < -0.3 is 9.64 Å². The van der Waals surface area contributed by atoms with Crippen LogP contribution in [0.5, 0.6) is 0 Å². The van der Waals surface area contributed by atoms with E-state index >= 15 is 0 Å². The molecule has 1 aliphatic heterocycles. The molecule has 2 heterocycles. The zero-order valence-electron chi connectivity index (χ0n) is 10.5. The fourth-order valence-corrected chi connectivity index (χ4v) is 2.38. The summed E-state index contributed by atoms with van der Waals surface area (Å²) in [6.07, 6.45) is -0.254. The molecule has 0 aromatic carbocycles. The zero-order chi connectivity index (χ0) is 13.1. The Hall–Kier alpha value is -1.15. The lowest BCUT2D eigenvalue weighted by Gasteiger charge is -2.33. The number of aryl methyl sites for hydroxylation is 1. The van der Waals surface area contributed by atoms with Gasteiger partial charge in [-0.2, -0.15) is 0 Å². The van der Waals surface area contributed by atoms with Crippen molar-refractivity contribution in [3.05, 3.63) is 10.6 Å². The summed E-state index contributed by atoms with van der Waals surface area (Å²) in [5, 5.41) is 4.14. The predicted molar refractivity (Wildman–Crippen MR) is 68.0 cm³/mol. The highest BCUT2D eigenvalue weighted by atomic mass is 79.9. The Kier molecular flexibility index (Phi) is 4.18. The van der Waals surface area contributed by atoms with Crippen molar-refractivity contribution in [2.75, 3.05) is 33.3 Å². The van der Waals surface area contributed by atoms with Crippen molar-refractivity contribution in [3.8, 4) is 0 Å². The van der Waals surface area contributed by atoms with E-state index in [0.717, 1.165) is 25.5 Å². The molecule has 1 saturated heterocycles. The van der Waals surface area contributed by atoms with Crippen molar-refractivity contribution in [1.82, 2.24) is 24.6 Å². The molecule has 18 heavy (non-hydrogen) atoms. The number of piperazine rings is 1. The Morgan fingerprint density at radius 2 is 2.06 bits per heavy atom. The summed E-state index contributed by atoms with van der Waals surface area (Å²) in [5.74, 6) is 0.911. The summed E-state index contributed by atoms with van der Waals surface area (Å²) in [6.45, 7) is 3.75. The summed E-state index contributed by atoms with van der Waals surface area (Å²) in [4.78, 5) is 19.6. The Balaban J connectivity index is 1.87. The van der Waals surface area contributed by atoms with E-state index in [9.17, 15) is 4.79 Å². The Morgan fingerprint density at radius 1 is 1.39 bits per heavy atom. The average molecular weight is 318 g/mol. The Bertz CT molecular complexity index is 428. The molecule has 2 rings (SSSR count). The molecule has 1 fully saturated rings. The summed E-state index contributed by atoms with van der Waals surface area (Å²) >= 11 is 3.25. The smallest absolute Gasteiger partial charge is 0.409 e. The van der Waals surface area contributed by atoms with Crippen LogP contribution in [0.3, 0.4) is 0 Å². The monoisotopic (exact) mass is 317 g/mol. The highest BCUT2D eigenvalue weighted by Gasteiger charge is 2.22. The molecule has 1 aromatic rings. The maximum Gasteiger partial charge on any atom is 0.409 e. The van der Waals surface area contributed by atoms with Crippen LogP contribution in [0.1, 0.15) is 5.82 Å². The van der Waals surface area contributed by atoms with Crippen molar-refractivity contribution in [2.24, 2.45) is 7.05 Å². The molecule has 0 N–H and O–H groups in total. The molecule has 0 saturated carbocycles. The molecule has 1 aliphatic rings. The maximum atomic E-state index is 11.3. The average Bonchev–Trinajstić information content (AvgIpc) is 2.68. The van der Waals surface area contributed by atoms with Crippen molar-refractivity contribution in [1.29, 1.82) is 0 Å². The van der Waals surface area contributed by atoms with Crippen molar-refractivity contribution >= 4 is 22.0 Å². The fourth-order valence-electron chi connectivity index (χ4n) is 1.94. The third-order valence-electron chi connectivity index (χ3n) is 3.00. The molecule has 0 aliphatic carbocycles. The zero-order valence-corrected chi connectivity index (χ0v) is 12.1. The van der Waals surface area contributed by atoms with E-state index in [-0.39, 0.29) is 6.09 Å². The van der Waals surface area contributed by atoms with Crippen LogP contribution in [0.2, 0.25) is 0 Å². The van der Waals surface area contributed by atoms with Gasteiger partial charge in [-0.3, -0.25) is 9.58 Å². The highest BCUT2D eigenvalue weighted by Crippen LogP contribution is 2.09. The molecule has 0 unspecified atom stereocenters. The lowest BCUT2D eigenvalue weighted by atomic mass is 10.3. The van der Waals surface area contributed by atoms with E-state index in [1.165, 1.54) is 7.11 Å². The van der Waals surface area contributed by atoms with E-state index in [4.69, 9.17) is 4.74 Å². The topological polar surface area (TPSA) is 63.5 Å². The van der Waals surface area contributed by atoms with Gasteiger partial charge in [0, 0.05) is 33.2 Å². The highest BCUT2D eigenvalue weighted by molar-refractivity contribution is 9.10.